The highest BCUT2D eigenvalue weighted by Crippen LogP contribution is 2.40. The Morgan fingerprint density at radius 3 is 2.62 bits per heavy atom. The molecule has 1 aliphatic heterocycles. The van der Waals surface area contributed by atoms with Gasteiger partial charge in [-0.25, -0.2) is 9.37 Å². The Morgan fingerprint density at radius 1 is 1.10 bits per heavy atom. The zero-order valence-electron chi connectivity index (χ0n) is 30.0. The van der Waals surface area contributed by atoms with Gasteiger partial charge in [-0.3, -0.25) is 14.9 Å². The summed E-state index contributed by atoms with van der Waals surface area (Å²) < 4.78 is 27.5. The SMILES string of the molecule is Cc1ccccc1CC1=CCCN(c2cc(F)c(C(C)(O)N[C@H]3CCC[C@H](C(=O)OC(C)(C)C)C3)cc2NC(=O)c2coc(C3CC3)n2)CC1. The zero-order chi connectivity index (χ0) is 35.6. The normalized spacial score (nSPS) is 21.2. The number of amides is 1. The van der Waals surface area contributed by atoms with Gasteiger partial charge in [-0.1, -0.05) is 42.3 Å². The number of rotatable bonds is 10. The van der Waals surface area contributed by atoms with Crippen LogP contribution in [-0.4, -0.2) is 46.7 Å². The molecule has 9 nitrogen and oxygen atoms in total. The van der Waals surface area contributed by atoms with Gasteiger partial charge in [0.2, 0.25) is 0 Å². The second-order valence-corrected chi connectivity index (χ2v) is 15.5. The van der Waals surface area contributed by atoms with E-state index in [0.29, 0.717) is 43.2 Å². The predicted octanol–water partition coefficient (Wildman–Crippen LogP) is 7.68. The van der Waals surface area contributed by atoms with Gasteiger partial charge in [0.1, 0.15) is 23.4 Å². The van der Waals surface area contributed by atoms with Crippen molar-refractivity contribution in [2.45, 2.75) is 116 Å². The lowest BCUT2D eigenvalue weighted by molar-refractivity contribution is -0.161. The van der Waals surface area contributed by atoms with Crippen LogP contribution in [0, 0.1) is 18.7 Å². The molecule has 3 atom stereocenters. The predicted molar refractivity (Wildman–Crippen MR) is 192 cm³/mol. The average Bonchev–Trinajstić information content (AvgIpc) is 3.83. The number of esters is 1. The lowest BCUT2D eigenvalue weighted by Gasteiger charge is -2.36. The molecule has 268 valence electrons. The van der Waals surface area contributed by atoms with Crippen molar-refractivity contribution in [3.63, 3.8) is 0 Å². The number of benzene rings is 2. The molecular weight excluding hydrogens is 635 g/mol. The molecule has 2 heterocycles. The van der Waals surface area contributed by atoms with Gasteiger partial charge in [-0.2, -0.15) is 0 Å². The van der Waals surface area contributed by atoms with Crippen molar-refractivity contribution in [3.8, 4) is 0 Å². The number of carbonyl (C=O) groups excluding carboxylic acids is 2. The number of carbonyl (C=O) groups is 2. The minimum Gasteiger partial charge on any atom is -0.460 e. The van der Waals surface area contributed by atoms with Gasteiger partial charge in [0.05, 0.1) is 17.3 Å². The minimum absolute atomic E-state index is 0.00273. The first-order chi connectivity index (χ1) is 23.8. The van der Waals surface area contributed by atoms with E-state index >= 15 is 4.39 Å². The second-order valence-electron chi connectivity index (χ2n) is 15.5. The number of aromatic nitrogens is 1. The fraction of sp³-hybridized carbons (Fsp3) is 0.525. The first kappa shape index (κ1) is 35.8. The zero-order valence-corrected chi connectivity index (χ0v) is 30.0. The number of oxazole rings is 1. The van der Waals surface area contributed by atoms with Gasteiger partial charge in [0.15, 0.2) is 11.6 Å². The monoisotopic (exact) mass is 686 g/mol. The van der Waals surface area contributed by atoms with E-state index in [2.05, 4.69) is 51.7 Å². The molecule has 1 unspecified atom stereocenters. The molecule has 2 fully saturated rings. The van der Waals surface area contributed by atoms with Crippen molar-refractivity contribution in [1.82, 2.24) is 10.3 Å². The molecule has 2 aliphatic carbocycles. The number of aryl methyl sites for hydroxylation is 1. The number of hydrogen-bond donors (Lipinski definition) is 3. The van der Waals surface area contributed by atoms with Gasteiger partial charge in [0.25, 0.3) is 5.91 Å². The molecule has 0 radical (unpaired) electrons. The lowest BCUT2D eigenvalue weighted by Crippen LogP contribution is -2.49. The van der Waals surface area contributed by atoms with Crippen LogP contribution in [0.2, 0.25) is 0 Å². The van der Waals surface area contributed by atoms with E-state index < -0.39 is 23.1 Å². The Balaban J connectivity index is 1.24. The molecule has 1 aromatic heterocycles. The van der Waals surface area contributed by atoms with E-state index in [-0.39, 0.29) is 35.1 Å². The maximum Gasteiger partial charge on any atom is 0.309 e. The molecule has 2 saturated carbocycles. The Kier molecular flexibility index (Phi) is 10.5. The fourth-order valence-corrected chi connectivity index (χ4v) is 7.16. The maximum absolute atomic E-state index is 16.2. The highest BCUT2D eigenvalue weighted by Gasteiger charge is 2.37. The van der Waals surface area contributed by atoms with E-state index in [1.54, 1.807) is 0 Å². The molecule has 0 bridgehead atoms. The summed E-state index contributed by atoms with van der Waals surface area (Å²) >= 11 is 0. The van der Waals surface area contributed by atoms with E-state index in [0.717, 1.165) is 44.9 Å². The first-order valence-electron chi connectivity index (χ1n) is 18.1. The highest BCUT2D eigenvalue weighted by atomic mass is 19.1. The molecule has 2 aromatic carbocycles. The summed E-state index contributed by atoms with van der Waals surface area (Å²) in [5.41, 5.74) is 2.55. The summed E-state index contributed by atoms with van der Waals surface area (Å²) in [7, 11) is 0. The minimum atomic E-state index is -1.79. The Bertz CT molecular complexity index is 1740. The van der Waals surface area contributed by atoms with E-state index in [1.807, 2.05) is 26.8 Å². The molecule has 3 N–H and O–H groups in total. The summed E-state index contributed by atoms with van der Waals surface area (Å²) in [4.78, 5) is 32.9. The third-order valence-corrected chi connectivity index (χ3v) is 9.99. The van der Waals surface area contributed by atoms with Gasteiger partial charge < -0.3 is 24.5 Å². The van der Waals surface area contributed by atoms with Crippen LogP contribution in [-0.2, 0) is 21.7 Å². The standard InChI is InChI=1S/C40H51FN4O5/c1-25-10-6-7-12-28(25)20-26-11-9-18-45(19-17-26)35-23-32(41)31(22-33(35)42-36(46)34-24-49-37(43-34)27-15-16-27)40(5,48)44-30-14-8-13-29(21-30)38(47)50-39(2,3)4/h6-7,10-12,22-24,27,29-30,44,48H,8-9,13-21H2,1-5H3,(H,42,46)/t29-,30-,40?/m0/s1. The number of aliphatic hydroxyl groups is 1. The van der Waals surface area contributed by atoms with Crippen molar-refractivity contribution < 1.29 is 28.2 Å². The number of anilines is 2. The van der Waals surface area contributed by atoms with Gasteiger partial charge >= 0.3 is 5.97 Å². The van der Waals surface area contributed by atoms with Crippen LogP contribution < -0.4 is 15.5 Å². The van der Waals surface area contributed by atoms with Crippen molar-refractivity contribution in [2.24, 2.45) is 5.92 Å². The molecule has 6 rings (SSSR count). The number of nitrogens with zero attached hydrogens (tertiary/aromatic N) is 2. The smallest absolute Gasteiger partial charge is 0.309 e. The maximum atomic E-state index is 16.2. The topological polar surface area (TPSA) is 117 Å². The average molecular weight is 687 g/mol. The summed E-state index contributed by atoms with van der Waals surface area (Å²) in [6, 6.07) is 11.1. The summed E-state index contributed by atoms with van der Waals surface area (Å²) in [5.74, 6) is -0.819. The lowest BCUT2D eigenvalue weighted by atomic mass is 9.84. The molecular formula is C40H51FN4O5. The van der Waals surface area contributed by atoms with Gasteiger partial charge in [0, 0.05) is 30.6 Å². The van der Waals surface area contributed by atoms with Crippen LogP contribution >= 0.6 is 0 Å². The highest BCUT2D eigenvalue weighted by molar-refractivity contribution is 6.04. The first-order valence-corrected chi connectivity index (χ1v) is 18.1. The van der Waals surface area contributed by atoms with Gasteiger partial charge in [-0.05, 0) is 109 Å². The van der Waals surface area contributed by atoms with Crippen LogP contribution in [0.15, 0.2) is 58.7 Å². The Morgan fingerprint density at radius 2 is 1.88 bits per heavy atom. The van der Waals surface area contributed by atoms with E-state index in [4.69, 9.17) is 9.15 Å². The van der Waals surface area contributed by atoms with Crippen molar-refractivity contribution in [1.29, 1.82) is 0 Å². The van der Waals surface area contributed by atoms with Crippen LogP contribution in [0.4, 0.5) is 15.8 Å². The molecule has 1 amide bonds. The van der Waals surface area contributed by atoms with Gasteiger partial charge in [-0.15, -0.1) is 0 Å². The van der Waals surface area contributed by atoms with Crippen molar-refractivity contribution in [3.05, 3.63) is 88.4 Å². The van der Waals surface area contributed by atoms with Crippen LogP contribution in [0.25, 0.3) is 0 Å². The molecule has 50 heavy (non-hydrogen) atoms. The third-order valence-electron chi connectivity index (χ3n) is 9.99. The number of hydrogen-bond acceptors (Lipinski definition) is 8. The Hall–Kier alpha value is -4.02. The van der Waals surface area contributed by atoms with Crippen LogP contribution in [0.5, 0.6) is 0 Å². The molecule has 3 aliphatic rings. The number of nitrogens with one attached hydrogen (secondary N) is 2. The number of halogens is 1. The largest absolute Gasteiger partial charge is 0.460 e. The molecule has 3 aromatic rings. The van der Waals surface area contributed by atoms with E-state index in [1.165, 1.54) is 42.0 Å². The van der Waals surface area contributed by atoms with Crippen LogP contribution in [0.3, 0.4) is 0 Å². The molecule has 0 saturated heterocycles. The molecule has 10 heteroatoms. The fourth-order valence-electron chi connectivity index (χ4n) is 7.16. The van der Waals surface area contributed by atoms with Crippen molar-refractivity contribution >= 4 is 23.3 Å². The van der Waals surface area contributed by atoms with Crippen LogP contribution in [0.1, 0.15) is 118 Å². The quantitative estimate of drug-likeness (QED) is 0.113. The van der Waals surface area contributed by atoms with Crippen molar-refractivity contribution in [2.75, 3.05) is 23.3 Å². The van der Waals surface area contributed by atoms with E-state index in [9.17, 15) is 14.7 Å². The summed E-state index contributed by atoms with van der Waals surface area (Å²) in [6.45, 7) is 10.4. The molecule has 0 spiro atoms. The summed E-state index contributed by atoms with van der Waals surface area (Å²) in [6.07, 6.45) is 10.7. The Labute approximate surface area is 294 Å². The third kappa shape index (κ3) is 8.82. The summed E-state index contributed by atoms with van der Waals surface area (Å²) in [5, 5.41) is 18.0. The second kappa shape index (κ2) is 14.7. The number of ether oxygens (including phenoxy) is 1.